The number of carbonyl (C=O) groups excluding carboxylic acids is 2. The van der Waals surface area contributed by atoms with Crippen LogP contribution in [0.3, 0.4) is 0 Å². The Labute approximate surface area is 202 Å². The number of thiophene rings is 1. The summed E-state index contributed by atoms with van der Waals surface area (Å²) in [6.45, 7) is 2.82. The van der Waals surface area contributed by atoms with Crippen molar-refractivity contribution in [1.29, 1.82) is 0 Å². The topological polar surface area (TPSA) is 113 Å². The lowest BCUT2D eigenvalue weighted by atomic mass is 10.2. The number of nitrogens with zero attached hydrogens (tertiary/aromatic N) is 1. The largest absolute Gasteiger partial charge is 0.494 e. The number of aromatic amines is 1. The van der Waals surface area contributed by atoms with Gasteiger partial charge < -0.3 is 9.72 Å². The van der Waals surface area contributed by atoms with E-state index in [1.54, 1.807) is 35.6 Å². The molecule has 1 aliphatic rings. The highest BCUT2D eigenvalue weighted by Crippen LogP contribution is 2.34. The van der Waals surface area contributed by atoms with E-state index < -0.39 is 5.91 Å². The first-order valence-corrected chi connectivity index (χ1v) is 12.7. The summed E-state index contributed by atoms with van der Waals surface area (Å²) in [5.41, 5.74) is 6.25. The van der Waals surface area contributed by atoms with Crippen molar-refractivity contribution in [2.24, 2.45) is 0 Å². The fraction of sp³-hybridized carbons (Fsp3) is 0.440. The van der Waals surface area contributed by atoms with Crippen molar-refractivity contribution in [2.45, 2.75) is 64.7 Å². The molecule has 3 aromatic rings. The summed E-state index contributed by atoms with van der Waals surface area (Å²) in [6, 6.07) is 6.81. The Morgan fingerprint density at radius 1 is 1.12 bits per heavy atom. The molecular weight excluding hydrogens is 452 g/mol. The summed E-state index contributed by atoms with van der Waals surface area (Å²) in [6.07, 6.45) is 7.92. The van der Waals surface area contributed by atoms with Crippen LogP contribution < -0.4 is 21.1 Å². The third kappa shape index (κ3) is 5.83. The van der Waals surface area contributed by atoms with E-state index in [1.807, 2.05) is 0 Å². The summed E-state index contributed by atoms with van der Waals surface area (Å²) in [4.78, 5) is 46.3. The maximum absolute atomic E-state index is 12.5. The number of hydrazine groups is 1. The Morgan fingerprint density at radius 3 is 2.74 bits per heavy atom. The highest BCUT2D eigenvalue weighted by atomic mass is 32.1. The highest BCUT2D eigenvalue weighted by molar-refractivity contribution is 7.18. The van der Waals surface area contributed by atoms with Gasteiger partial charge in [0.15, 0.2) is 0 Å². The standard InChI is InChI=1S/C25H30N4O4S/c1-2-3-4-5-15-33-17-11-9-16(10-12-17)23(31)29-28-21(30)14-13-20-26-24(32)22-18-7-6-8-19(18)34-25(22)27-20/h9-12H,2-8,13-15H2,1H3,(H,28,30)(H,29,31)(H,26,27,32). The Balaban J connectivity index is 1.22. The molecule has 0 aliphatic heterocycles. The maximum atomic E-state index is 12.5. The molecular formula is C25H30N4O4S. The van der Waals surface area contributed by atoms with E-state index in [4.69, 9.17) is 4.74 Å². The second kappa shape index (κ2) is 11.3. The molecule has 3 N–H and O–H groups in total. The monoisotopic (exact) mass is 482 g/mol. The van der Waals surface area contributed by atoms with Crippen LogP contribution in [0.15, 0.2) is 29.1 Å². The second-order valence-electron chi connectivity index (χ2n) is 8.49. The van der Waals surface area contributed by atoms with Crippen molar-refractivity contribution >= 4 is 33.4 Å². The van der Waals surface area contributed by atoms with E-state index in [0.717, 1.165) is 42.5 Å². The molecule has 4 rings (SSSR count). The number of aromatic nitrogens is 2. The zero-order chi connectivity index (χ0) is 23.9. The van der Waals surface area contributed by atoms with Crippen molar-refractivity contribution in [3.8, 4) is 5.75 Å². The SMILES string of the molecule is CCCCCCOc1ccc(C(=O)NNC(=O)CCc2nc3sc4c(c3c(=O)[nH]2)CCC4)cc1. The Kier molecular flexibility index (Phi) is 7.95. The fourth-order valence-electron chi connectivity index (χ4n) is 4.08. The van der Waals surface area contributed by atoms with Gasteiger partial charge in [0, 0.05) is 23.3 Å². The van der Waals surface area contributed by atoms with Crippen molar-refractivity contribution in [2.75, 3.05) is 6.61 Å². The highest BCUT2D eigenvalue weighted by Gasteiger charge is 2.21. The Hall–Kier alpha value is -3.20. The molecule has 0 bridgehead atoms. The van der Waals surface area contributed by atoms with Crippen LogP contribution in [0.1, 0.15) is 72.1 Å². The van der Waals surface area contributed by atoms with Gasteiger partial charge in [-0.2, -0.15) is 0 Å². The van der Waals surface area contributed by atoms with Crippen LogP contribution in [0.5, 0.6) is 5.75 Å². The number of fused-ring (bicyclic) bond motifs is 3. The van der Waals surface area contributed by atoms with E-state index >= 15 is 0 Å². The first-order valence-electron chi connectivity index (χ1n) is 11.9. The van der Waals surface area contributed by atoms with Crippen LogP contribution in [-0.4, -0.2) is 28.4 Å². The van der Waals surface area contributed by atoms with Crippen molar-refractivity contribution < 1.29 is 14.3 Å². The van der Waals surface area contributed by atoms with E-state index in [9.17, 15) is 14.4 Å². The zero-order valence-corrected chi connectivity index (χ0v) is 20.2. The second-order valence-corrected chi connectivity index (χ2v) is 9.57. The molecule has 0 fully saturated rings. The van der Waals surface area contributed by atoms with E-state index in [2.05, 4.69) is 27.7 Å². The van der Waals surface area contributed by atoms with Crippen LogP contribution in [0.25, 0.3) is 10.2 Å². The van der Waals surface area contributed by atoms with Gasteiger partial charge in [-0.25, -0.2) is 4.98 Å². The number of rotatable bonds is 10. The van der Waals surface area contributed by atoms with E-state index in [-0.39, 0.29) is 24.3 Å². The van der Waals surface area contributed by atoms with Gasteiger partial charge in [0.25, 0.3) is 11.5 Å². The summed E-state index contributed by atoms with van der Waals surface area (Å²) >= 11 is 1.57. The first kappa shape index (κ1) is 23.9. The van der Waals surface area contributed by atoms with Crippen LogP contribution in [0.4, 0.5) is 0 Å². The molecule has 9 heteroatoms. The minimum Gasteiger partial charge on any atom is -0.494 e. The lowest BCUT2D eigenvalue weighted by molar-refractivity contribution is -0.121. The molecule has 34 heavy (non-hydrogen) atoms. The number of H-pyrrole nitrogens is 1. The average Bonchev–Trinajstić information content (AvgIpc) is 3.42. The average molecular weight is 483 g/mol. The summed E-state index contributed by atoms with van der Waals surface area (Å²) in [5.74, 6) is 0.413. The van der Waals surface area contributed by atoms with Gasteiger partial charge in [0.05, 0.1) is 12.0 Å². The van der Waals surface area contributed by atoms with Crippen molar-refractivity contribution in [3.05, 3.63) is 56.4 Å². The third-order valence-corrected chi connectivity index (χ3v) is 7.10. The van der Waals surface area contributed by atoms with Gasteiger partial charge in [-0.3, -0.25) is 25.2 Å². The normalized spacial score (nSPS) is 12.5. The number of nitrogens with one attached hydrogen (secondary N) is 3. The van der Waals surface area contributed by atoms with Gasteiger partial charge in [0.1, 0.15) is 16.4 Å². The van der Waals surface area contributed by atoms with Gasteiger partial charge in [0.2, 0.25) is 5.91 Å². The van der Waals surface area contributed by atoms with Crippen LogP contribution >= 0.6 is 11.3 Å². The smallest absolute Gasteiger partial charge is 0.269 e. The number of unbranched alkanes of at least 4 members (excludes halogenated alkanes) is 3. The molecule has 0 spiro atoms. The third-order valence-electron chi connectivity index (χ3n) is 5.91. The predicted octanol–water partition coefficient (Wildman–Crippen LogP) is 3.83. The number of hydrogen-bond acceptors (Lipinski definition) is 6. The molecule has 180 valence electrons. The molecule has 0 atom stereocenters. The van der Waals surface area contributed by atoms with Crippen LogP contribution in [-0.2, 0) is 24.1 Å². The summed E-state index contributed by atoms with van der Waals surface area (Å²) in [7, 11) is 0. The number of ether oxygens (including phenoxy) is 1. The van der Waals surface area contributed by atoms with Gasteiger partial charge in [-0.1, -0.05) is 26.2 Å². The molecule has 0 saturated carbocycles. The van der Waals surface area contributed by atoms with Crippen LogP contribution in [0.2, 0.25) is 0 Å². The molecule has 2 amide bonds. The Bertz CT molecular complexity index is 1220. The van der Waals surface area contributed by atoms with Crippen molar-refractivity contribution in [3.63, 3.8) is 0 Å². The molecule has 2 heterocycles. The maximum Gasteiger partial charge on any atom is 0.269 e. The molecule has 0 saturated heterocycles. The minimum atomic E-state index is -0.413. The van der Waals surface area contributed by atoms with Gasteiger partial charge in [-0.05, 0) is 55.5 Å². The van der Waals surface area contributed by atoms with Crippen molar-refractivity contribution in [1.82, 2.24) is 20.8 Å². The number of hydrogen-bond donors (Lipinski definition) is 3. The fourth-order valence-corrected chi connectivity index (χ4v) is 5.36. The number of amides is 2. The predicted molar refractivity (Wildman–Crippen MR) is 132 cm³/mol. The lowest BCUT2D eigenvalue weighted by Crippen LogP contribution is -2.41. The molecule has 8 nitrogen and oxygen atoms in total. The molecule has 0 radical (unpaired) electrons. The van der Waals surface area contributed by atoms with E-state index in [0.29, 0.717) is 29.1 Å². The molecule has 1 aromatic carbocycles. The minimum absolute atomic E-state index is 0.0879. The first-order chi connectivity index (χ1) is 16.5. The molecule has 0 unspecified atom stereocenters. The Morgan fingerprint density at radius 2 is 1.94 bits per heavy atom. The number of benzene rings is 1. The summed E-state index contributed by atoms with van der Waals surface area (Å²) < 4.78 is 5.68. The lowest BCUT2D eigenvalue weighted by Gasteiger charge is -2.09. The van der Waals surface area contributed by atoms with Gasteiger partial charge in [-0.15, -0.1) is 11.3 Å². The zero-order valence-electron chi connectivity index (χ0n) is 19.4. The van der Waals surface area contributed by atoms with Gasteiger partial charge >= 0.3 is 0 Å². The van der Waals surface area contributed by atoms with Crippen LogP contribution in [0, 0.1) is 0 Å². The summed E-state index contributed by atoms with van der Waals surface area (Å²) in [5, 5.41) is 0.700. The quantitative estimate of drug-likeness (QED) is 0.300. The molecule has 2 aromatic heterocycles. The molecule has 1 aliphatic carbocycles. The number of carbonyl (C=O) groups is 2. The number of aryl methyl sites for hydroxylation is 3. The van der Waals surface area contributed by atoms with E-state index in [1.165, 1.54) is 17.7 Å².